The van der Waals surface area contributed by atoms with Crippen molar-refractivity contribution < 1.29 is 14.3 Å². The summed E-state index contributed by atoms with van der Waals surface area (Å²) >= 11 is 0. The molecule has 0 spiro atoms. The minimum Gasteiger partial charge on any atom is -0.484 e. The van der Waals surface area contributed by atoms with E-state index in [9.17, 15) is 9.59 Å². The van der Waals surface area contributed by atoms with Crippen molar-refractivity contribution in [1.82, 2.24) is 25.4 Å². The maximum atomic E-state index is 13.3. The molecule has 2 N–H and O–H groups in total. The minimum atomic E-state index is -0.127. The Hall–Kier alpha value is -3.72. The highest BCUT2D eigenvalue weighted by molar-refractivity contribution is 5.98. The summed E-state index contributed by atoms with van der Waals surface area (Å²) in [4.78, 5) is 32.0. The van der Waals surface area contributed by atoms with Gasteiger partial charge in [0.2, 0.25) is 0 Å². The van der Waals surface area contributed by atoms with Crippen LogP contribution in [0.15, 0.2) is 61.2 Å². The van der Waals surface area contributed by atoms with Crippen molar-refractivity contribution in [3.05, 3.63) is 72.3 Å². The van der Waals surface area contributed by atoms with Crippen LogP contribution in [0.3, 0.4) is 0 Å². The van der Waals surface area contributed by atoms with Gasteiger partial charge in [0.25, 0.3) is 11.8 Å². The first-order valence-electron chi connectivity index (χ1n) is 13.1. The van der Waals surface area contributed by atoms with Gasteiger partial charge in [0.1, 0.15) is 18.4 Å². The first-order valence-corrected chi connectivity index (χ1v) is 13.1. The molecule has 2 amide bonds. The maximum absolute atomic E-state index is 13.3. The standard InChI is InChI=1S/C28H36N6O3/c35-27(20-37-25-10-5-4-6-11-25)34-17-8-3-1-2-7-14-29-19-24-18-23(12-13-26(24)34)28(36)31-15-9-16-33-22-30-21-32-33/h4-6,10-13,18,21-22,29H,1-3,7-9,14-17,19-20H2,(H,31,36). The largest absolute Gasteiger partial charge is 0.484 e. The molecule has 0 aliphatic carbocycles. The lowest BCUT2D eigenvalue weighted by Gasteiger charge is -2.26. The normalized spacial score (nSPS) is 14.6. The van der Waals surface area contributed by atoms with Crippen molar-refractivity contribution in [2.45, 2.75) is 51.6 Å². The van der Waals surface area contributed by atoms with Gasteiger partial charge >= 0.3 is 0 Å². The van der Waals surface area contributed by atoms with Crippen molar-refractivity contribution >= 4 is 17.5 Å². The monoisotopic (exact) mass is 504 g/mol. The second-order valence-corrected chi connectivity index (χ2v) is 9.20. The second kappa shape index (κ2) is 14.1. The van der Waals surface area contributed by atoms with E-state index in [2.05, 4.69) is 20.7 Å². The number of hydrogen-bond acceptors (Lipinski definition) is 6. The molecule has 0 fully saturated rings. The molecule has 2 heterocycles. The molecule has 2 aromatic carbocycles. The average molecular weight is 505 g/mol. The Bertz CT molecular complexity index is 1120. The Kier molecular flexibility index (Phi) is 10.1. The third kappa shape index (κ3) is 8.15. The Balaban J connectivity index is 1.46. The predicted molar refractivity (Wildman–Crippen MR) is 142 cm³/mol. The van der Waals surface area contributed by atoms with Gasteiger partial charge in [0, 0.05) is 37.4 Å². The van der Waals surface area contributed by atoms with E-state index < -0.39 is 0 Å². The van der Waals surface area contributed by atoms with E-state index in [0.717, 1.165) is 49.9 Å². The van der Waals surface area contributed by atoms with Gasteiger partial charge in [-0.25, -0.2) is 4.98 Å². The zero-order valence-corrected chi connectivity index (χ0v) is 21.3. The number of benzene rings is 2. The second-order valence-electron chi connectivity index (χ2n) is 9.20. The molecule has 0 radical (unpaired) electrons. The fourth-order valence-electron chi connectivity index (χ4n) is 4.42. The molecule has 196 valence electrons. The molecule has 1 aliphatic rings. The number of rotatable bonds is 8. The average Bonchev–Trinajstić information content (AvgIpc) is 3.44. The Morgan fingerprint density at radius 2 is 1.86 bits per heavy atom. The number of hydrogen-bond donors (Lipinski definition) is 2. The summed E-state index contributed by atoms with van der Waals surface area (Å²) in [5, 5.41) is 10.6. The summed E-state index contributed by atoms with van der Waals surface area (Å²) in [7, 11) is 0. The number of aryl methyl sites for hydroxylation is 1. The zero-order chi connectivity index (χ0) is 25.7. The van der Waals surface area contributed by atoms with Crippen molar-refractivity contribution in [3.8, 4) is 5.75 Å². The Morgan fingerprint density at radius 1 is 1.03 bits per heavy atom. The molecule has 9 nitrogen and oxygen atoms in total. The fourth-order valence-corrected chi connectivity index (χ4v) is 4.42. The van der Waals surface area contributed by atoms with Crippen molar-refractivity contribution in [3.63, 3.8) is 0 Å². The lowest BCUT2D eigenvalue weighted by molar-refractivity contribution is -0.120. The van der Waals surface area contributed by atoms with Crippen LogP contribution in [0.2, 0.25) is 0 Å². The number of aromatic nitrogens is 3. The van der Waals surface area contributed by atoms with Gasteiger partial charge in [-0.1, -0.05) is 37.5 Å². The van der Waals surface area contributed by atoms with Gasteiger partial charge < -0.3 is 20.3 Å². The first kappa shape index (κ1) is 26.3. The minimum absolute atomic E-state index is 0.0368. The van der Waals surface area contributed by atoms with Gasteiger partial charge in [0.15, 0.2) is 6.61 Å². The van der Waals surface area contributed by atoms with Crippen LogP contribution in [-0.4, -0.2) is 52.8 Å². The lowest BCUT2D eigenvalue weighted by Crippen LogP contribution is -2.37. The van der Waals surface area contributed by atoms with Crippen LogP contribution in [-0.2, 0) is 17.9 Å². The third-order valence-corrected chi connectivity index (χ3v) is 6.41. The molecule has 0 atom stereocenters. The molecule has 3 aromatic rings. The third-order valence-electron chi connectivity index (χ3n) is 6.41. The highest BCUT2D eigenvalue weighted by Gasteiger charge is 2.21. The molecule has 0 saturated heterocycles. The highest BCUT2D eigenvalue weighted by atomic mass is 16.5. The molecular weight excluding hydrogens is 468 g/mol. The van der Waals surface area contributed by atoms with Crippen LogP contribution in [0.4, 0.5) is 5.69 Å². The number of nitrogens with zero attached hydrogens (tertiary/aromatic N) is 4. The molecule has 1 aromatic heterocycles. The number of anilines is 1. The lowest BCUT2D eigenvalue weighted by atomic mass is 10.0. The quantitative estimate of drug-likeness (QED) is 0.455. The Labute approximate surface area is 218 Å². The Morgan fingerprint density at radius 3 is 2.70 bits per heavy atom. The molecule has 0 unspecified atom stereocenters. The molecule has 1 aliphatic heterocycles. The van der Waals surface area contributed by atoms with E-state index in [1.165, 1.54) is 12.7 Å². The van der Waals surface area contributed by atoms with Crippen LogP contribution < -0.4 is 20.3 Å². The number of nitrogens with one attached hydrogen (secondary N) is 2. The summed E-state index contributed by atoms with van der Waals surface area (Å²) < 4.78 is 7.51. The molecule has 4 rings (SSSR count). The topological polar surface area (TPSA) is 101 Å². The van der Waals surface area contributed by atoms with Crippen molar-refractivity contribution in [2.24, 2.45) is 0 Å². The number of ether oxygens (including phenoxy) is 1. The van der Waals surface area contributed by atoms with Crippen molar-refractivity contribution in [2.75, 3.05) is 31.1 Å². The molecule has 37 heavy (non-hydrogen) atoms. The summed E-state index contributed by atoms with van der Waals surface area (Å²) in [6.07, 6.45) is 9.37. The molecular formula is C28H36N6O3. The van der Waals surface area contributed by atoms with E-state index in [1.54, 1.807) is 17.1 Å². The maximum Gasteiger partial charge on any atom is 0.264 e. The summed E-state index contributed by atoms with van der Waals surface area (Å²) in [6.45, 7) is 3.31. The fraction of sp³-hybridized carbons (Fsp3) is 0.429. The van der Waals surface area contributed by atoms with Gasteiger partial charge in [-0.15, -0.1) is 0 Å². The van der Waals surface area contributed by atoms with E-state index >= 15 is 0 Å². The smallest absolute Gasteiger partial charge is 0.264 e. The van der Waals surface area contributed by atoms with Crippen LogP contribution in [0.25, 0.3) is 0 Å². The SMILES string of the molecule is O=C(NCCCn1cncn1)c1ccc2c(c1)CNCCCCCCCN2C(=O)COc1ccccc1. The van der Waals surface area contributed by atoms with Gasteiger partial charge in [-0.2, -0.15) is 5.10 Å². The summed E-state index contributed by atoms with van der Waals surface area (Å²) in [5.41, 5.74) is 2.35. The molecule has 0 bridgehead atoms. The first-order chi connectivity index (χ1) is 18.2. The van der Waals surface area contributed by atoms with E-state index in [-0.39, 0.29) is 18.4 Å². The van der Waals surface area contributed by atoms with E-state index in [1.807, 2.05) is 47.4 Å². The highest BCUT2D eigenvalue weighted by Crippen LogP contribution is 2.25. The van der Waals surface area contributed by atoms with E-state index in [4.69, 9.17) is 4.74 Å². The van der Waals surface area contributed by atoms with Gasteiger partial charge in [-0.05, 0) is 61.7 Å². The van der Waals surface area contributed by atoms with Crippen molar-refractivity contribution in [1.29, 1.82) is 0 Å². The molecule has 0 saturated carbocycles. The summed E-state index contributed by atoms with van der Waals surface area (Å²) in [5.74, 6) is 0.452. The van der Waals surface area contributed by atoms with E-state index in [0.29, 0.717) is 37.5 Å². The summed E-state index contributed by atoms with van der Waals surface area (Å²) in [6, 6.07) is 15.0. The number of para-hydroxylation sites is 1. The van der Waals surface area contributed by atoms with Crippen LogP contribution in [0.1, 0.15) is 54.4 Å². The number of carbonyl (C=O) groups excluding carboxylic acids is 2. The predicted octanol–water partition coefficient (Wildman–Crippen LogP) is 3.56. The van der Waals surface area contributed by atoms with Crippen LogP contribution in [0.5, 0.6) is 5.75 Å². The number of fused-ring (bicyclic) bond motifs is 1. The van der Waals surface area contributed by atoms with Gasteiger partial charge in [-0.3, -0.25) is 14.3 Å². The van der Waals surface area contributed by atoms with Gasteiger partial charge in [0.05, 0.1) is 0 Å². The number of amides is 2. The zero-order valence-electron chi connectivity index (χ0n) is 21.3. The van der Waals surface area contributed by atoms with Crippen LogP contribution >= 0.6 is 0 Å². The van der Waals surface area contributed by atoms with Crippen LogP contribution in [0, 0.1) is 0 Å². The number of carbonyl (C=O) groups is 2. The molecule has 9 heteroatoms.